The van der Waals surface area contributed by atoms with Crippen LogP contribution in [-0.4, -0.2) is 55.6 Å². The van der Waals surface area contributed by atoms with Crippen LogP contribution in [-0.2, 0) is 0 Å². The molecule has 2 fully saturated rings. The van der Waals surface area contributed by atoms with Gasteiger partial charge in [0.2, 0.25) is 0 Å². The molecule has 2 aliphatic rings. The van der Waals surface area contributed by atoms with Crippen molar-refractivity contribution in [1.29, 1.82) is 0 Å². The number of hydrogen-bond donors (Lipinski definition) is 1. The minimum atomic E-state index is 0.801. The predicted octanol–water partition coefficient (Wildman–Crippen LogP) is 1.14. The van der Waals surface area contributed by atoms with Crippen molar-refractivity contribution in [1.82, 2.24) is 9.80 Å². The topological polar surface area (TPSA) is 32.5 Å². The van der Waals surface area contributed by atoms with Gasteiger partial charge in [0.15, 0.2) is 0 Å². The molecule has 2 aliphatic heterocycles. The first kappa shape index (κ1) is 12.3. The summed E-state index contributed by atoms with van der Waals surface area (Å²) in [4.78, 5) is 5.24. The van der Waals surface area contributed by atoms with Crippen LogP contribution in [0.25, 0.3) is 0 Å². The van der Waals surface area contributed by atoms with E-state index in [4.69, 9.17) is 5.73 Å². The van der Waals surface area contributed by atoms with Crippen molar-refractivity contribution in [3.8, 4) is 0 Å². The molecule has 0 amide bonds. The molecule has 3 nitrogen and oxygen atoms in total. The lowest BCUT2D eigenvalue weighted by atomic mass is 9.97. The molecule has 94 valence electrons. The summed E-state index contributed by atoms with van der Waals surface area (Å²) < 4.78 is 0. The average Bonchev–Trinajstić information content (AvgIpc) is 2.83. The van der Waals surface area contributed by atoms with Gasteiger partial charge in [-0.3, -0.25) is 0 Å². The van der Waals surface area contributed by atoms with Gasteiger partial charge >= 0.3 is 0 Å². The summed E-state index contributed by atoms with van der Waals surface area (Å²) in [5, 5.41) is 0. The van der Waals surface area contributed by atoms with Crippen molar-refractivity contribution in [2.45, 2.75) is 32.1 Å². The van der Waals surface area contributed by atoms with Crippen LogP contribution in [0.5, 0.6) is 0 Å². The highest BCUT2D eigenvalue weighted by atomic mass is 15.2. The maximum atomic E-state index is 5.71. The molecule has 2 rings (SSSR count). The van der Waals surface area contributed by atoms with E-state index < -0.39 is 0 Å². The maximum absolute atomic E-state index is 5.71. The molecule has 0 saturated carbocycles. The Balaban J connectivity index is 1.53. The average molecular weight is 225 g/mol. The van der Waals surface area contributed by atoms with Crippen molar-refractivity contribution in [2.24, 2.45) is 11.7 Å². The Bertz CT molecular complexity index is 182. The van der Waals surface area contributed by atoms with Gasteiger partial charge in [-0.1, -0.05) is 0 Å². The molecular weight excluding hydrogens is 198 g/mol. The van der Waals surface area contributed by atoms with Crippen LogP contribution in [0.4, 0.5) is 0 Å². The van der Waals surface area contributed by atoms with E-state index >= 15 is 0 Å². The monoisotopic (exact) mass is 225 g/mol. The fourth-order valence-electron chi connectivity index (χ4n) is 2.97. The lowest BCUT2D eigenvalue weighted by Crippen LogP contribution is -2.37. The third-order valence-corrected chi connectivity index (χ3v) is 4.19. The molecule has 0 spiro atoms. The highest BCUT2D eigenvalue weighted by Gasteiger charge is 2.18. The minimum Gasteiger partial charge on any atom is -0.330 e. The Hall–Kier alpha value is -0.120. The number of nitrogens with zero attached hydrogens (tertiary/aromatic N) is 2. The zero-order valence-corrected chi connectivity index (χ0v) is 10.5. The quantitative estimate of drug-likeness (QED) is 0.761. The Morgan fingerprint density at radius 2 is 1.44 bits per heavy atom. The van der Waals surface area contributed by atoms with Crippen molar-refractivity contribution in [3.05, 3.63) is 0 Å². The molecule has 0 radical (unpaired) electrons. The molecular formula is C13H27N3. The highest BCUT2D eigenvalue weighted by Crippen LogP contribution is 2.16. The number of rotatable bonds is 5. The lowest BCUT2D eigenvalue weighted by molar-refractivity contribution is 0.177. The molecule has 2 saturated heterocycles. The fourth-order valence-corrected chi connectivity index (χ4v) is 2.97. The second-order valence-electron chi connectivity index (χ2n) is 5.42. The largest absolute Gasteiger partial charge is 0.330 e. The van der Waals surface area contributed by atoms with E-state index in [1.807, 2.05) is 0 Å². The van der Waals surface area contributed by atoms with Gasteiger partial charge in [-0.2, -0.15) is 0 Å². The van der Waals surface area contributed by atoms with Gasteiger partial charge in [0, 0.05) is 0 Å². The summed E-state index contributed by atoms with van der Waals surface area (Å²) in [7, 11) is 0. The molecule has 2 heterocycles. The van der Waals surface area contributed by atoms with Crippen LogP contribution in [0.3, 0.4) is 0 Å². The second kappa shape index (κ2) is 6.58. The number of likely N-dealkylation sites (tertiary alicyclic amines) is 2. The van der Waals surface area contributed by atoms with Crippen LogP contribution in [0.15, 0.2) is 0 Å². The second-order valence-corrected chi connectivity index (χ2v) is 5.42. The first-order valence-electron chi connectivity index (χ1n) is 7.03. The van der Waals surface area contributed by atoms with Gasteiger partial charge in [-0.15, -0.1) is 0 Å². The Morgan fingerprint density at radius 1 is 0.875 bits per heavy atom. The molecule has 3 heteroatoms. The zero-order chi connectivity index (χ0) is 11.2. The summed E-state index contributed by atoms with van der Waals surface area (Å²) in [6, 6.07) is 0. The first-order chi connectivity index (χ1) is 7.88. The third kappa shape index (κ3) is 3.72. The fraction of sp³-hybridized carbons (Fsp3) is 1.00. The van der Waals surface area contributed by atoms with E-state index in [0.717, 1.165) is 12.5 Å². The predicted molar refractivity (Wildman–Crippen MR) is 68.5 cm³/mol. The lowest BCUT2D eigenvalue weighted by Gasteiger charge is -2.31. The summed E-state index contributed by atoms with van der Waals surface area (Å²) in [6.45, 7) is 8.75. The maximum Gasteiger partial charge on any atom is -0.000654 e. The van der Waals surface area contributed by atoms with E-state index in [0.29, 0.717) is 0 Å². The van der Waals surface area contributed by atoms with Crippen molar-refractivity contribution >= 4 is 0 Å². The molecule has 0 bridgehead atoms. The van der Waals surface area contributed by atoms with Crippen molar-refractivity contribution in [3.63, 3.8) is 0 Å². The Labute approximate surface area is 100.0 Å². The Kier molecular flexibility index (Phi) is 5.07. The van der Waals surface area contributed by atoms with Crippen LogP contribution in [0.2, 0.25) is 0 Å². The van der Waals surface area contributed by atoms with Gasteiger partial charge in [0.25, 0.3) is 0 Å². The van der Waals surface area contributed by atoms with E-state index in [-0.39, 0.29) is 0 Å². The summed E-state index contributed by atoms with van der Waals surface area (Å²) >= 11 is 0. The zero-order valence-electron chi connectivity index (χ0n) is 10.5. The third-order valence-electron chi connectivity index (χ3n) is 4.19. The molecule has 0 atom stereocenters. The number of piperidine rings is 1. The van der Waals surface area contributed by atoms with E-state index in [9.17, 15) is 0 Å². The molecule has 0 aliphatic carbocycles. The van der Waals surface area contributed by atoms with Gasteiger partial charge in [-0.25, -0.2) is 0 Å². The van der Waals surface area contributed by atoms with E-state index in [1.54, 1.807) is 0 Å². The summed E-state index contributed by atoms with van der Waals surface area (Å²) in [5.41, 5.74) is 5.71. The first-order valence-corrected chi connectivity index (χ1v) is 7.03. The van der Waals surface area contributed by atoms with Crippen LogP contribution >= 0.6 is 0 Å². The molecule has 0 aromatic carbocycles. The van der Waals surface area contributed by atoms with Crippen LogP contribution in [0, 0.1) is 5.92 Å². The van der Waals surface area contributed by atoms with Gasteiger partial charge in [-0.05, 0) is 83.8 Å². The number of nitrogens with two attached hydrogens (primary N) is 1. The van der Waals surface area contributed by atoms with Crippen molar-refractivity contribution in [2.75, 3.05) is 45.8 Å². The van der Waals surface area contributed by atoms with E-state index in [1.165, 1.54) is 71.4 Å². The molecule has 2 N–H and O–H groups in total. The molecule has 16 heavy (non-hydrogen) atoms. The molecule has 0 unspecified atom stereocenters. The highest BCUT2D eigenvalue weighted by molar-refractivity contribution is 4.73. The SMILES string of the molecule is NCC1CCN(CCCN2CCCC2)CC1. The van der Waals surface area contributed by atoms with Crippen LogP contribution in [0.1, 0.15) is 32.1 Å². The van der Waals surface area contributed by atoms with Gasteiger partial charge in [0.05, 0.1) is 0 Å². The van der Waals surface area contributed by atoms with Gasteiger partial charge in [0.1, 0.15) is 0 Å². The standard InChI is InChI=1S/C13H27N3/c14-12-13-4-10-16(11-5-13)9-3-8-15-6-1-2-7-15/h13H,1-12,14H2. The van der Waals surface area contributed by atoms with Crippen molar-refractivity contribution < 1.29 is 0 Å². The number of hydrogen-bond acceptors (Lipinski definition) is 3. The summed E-state index contributed by atoms with van der Waals surface area (Å²) in [6.07, 6.45) is 6.83. The minimum absolute atomic E-state index is 0.801. The molecule has 0 aromatic rings. The smallest absolute Gasteiger partial charge is 0.000654 e. The molecule has 0 aromatic heterocycles. The Morgan fingerprint density at radius 3 is 2.00 bits per heavy atom. The normalized spacial score (nSPS) is 25.3. The van der Waals surface area contributed by atoms with Gasteiger partial charge < -0.3 is 15.5 Å². The van der Waals surface area contributed by atoms with E-state index in [2.05, 4.69) is 9.80 Å². The van der Waals surface area contributed by atoms with Crippen LogP contribution < -0.4 is 5.73 Å². The summed E-state index contributed by atoms with van der Waals surface area (Å²) in [5.74, 6) is 0.801.